The lowest BCUT2D eigenvalue weighted by molar-refractivity contribution is -0.140. The smallest absolute Gasteiger partial charge is 0.327 e. The second-order valence-electron chi connectivity index (χ2n) is 5.11. The Kier molecular flexibility index (Phi) is 6.41. The Balaban J connectivity index is 2.41. The van der Waals surface area contributed by atoms with Gasteiger partial charge in [0, 0.05) is 6.92 Å². The molecule has 0 spiro atoms. The van der Waals surface area contributed by atoms with Gasteiger partial charge in [-0.1, -0.05) is 0 Å². The molecular weight excluding hydrogens is 284 g/mol. The minimum atomic E-state index is -3.49. The number of sulfone groups is 1. The number of carbonyl (C=O) groups excluding carboxylic acids is 1. The van der Waals surface area contributed by atoms with Crippen LogP contribution in [0.4, 0.5) is 0 Å². The Hall–Kier alpha value is -1.15. The van der Waals surface area contributed by atoms with Gasteiger partial charge in [-0.2, -0.15) is 0 Å². The summed E-state index contributed by atoms with van der Waals surface area (Å²) >= 11 is 0. The maximum absolute atomic E-state index is 11.9. The Bertz CT molecular complexity index is 443. The molecule has 1 amide bonds. The largest absolute Gasteiger partial charge is 0.480 e. The highest BCUT2D eigenvalue weighted by Crippen LogP contribution is 2.08. The summed E-state index contributed by atoms with van der Waals surface area (Å²) in [6, 6.07) is -1.37. The van der Waals surface area contributed by atoms with Crippen LogP contribution < -0.4 is 5.32 Å². The van der Waals surface area contributed by atoms with Gasteiger partial charge in [-0.05, 0) is 38.9 Å². The Morgan fingerprint density at radius 1 is 1.30 bits per heavy atom. The van der Waals surface area contributed by atoms with E-state index in [-0.39, 0.29) is 5.75 Å². The predicted octanol–water partition coefficient (Wildman–Crippen LogP) is -0.524. The summed E-state index contributed by atoms with van der Waals surface area (Å²) < 4.78 is 23.7. The number of hydrogen-bond donors (Lipinski definition) is 2. The summed E-state index contributed by atoms with van der Waals surface area (Å²) in [5, 5.41) is 11.0. The molecule has 1 aliphatic rings. The molecule has 0 aromatic rings. The van der Waals surface area contributed by atoms with Crippen LogP contribution in [0.3, 0.4) is 0 Å². The molecule has 0 aliphatic carbocycles. The molecule has 1 aliphatic heterocycles. The van der Waals surface area contributed by atoms with Crippen molar-refractivity contribution in [2.75, 3.05) is 31.1 Å². The number of aliphatic carboxylic acids is 1. The van der Waals surface area contributed by atoms with Gasteiger partial charge in [-0.25, -0.2) is 13.2 Å². The van der Waals surface area contributed by atoms with E-state index in [0.29, 0.717) is 6.42 Å². The average molecular weight is 306 g/mol. The number of amides is 1. The summed E-state index contributed by atoms with van der Waals surface area (Å²) in [6.45, 7) is 3.89. The zero-order valence-corrected chi connectivity index (χ0v) is 12.5. The average Bonchev–Trinajstić information content (AvgIpc) is 2.79. The maximum atomic E-state index is 11.9. The molecule has 0 saturated carbocycles. The molecule has 0 aromatic heterocycles. The highest BCUT2D eigenvalue weighted by atomic mass is 32.2. The Morgan fingerprint density at radius 2 is 1.90 bits per heavy atom. The van der Waals surface area contributed by atoms with Crippen LogP contribution in [0, 0.1) is 0 Å². The highest BCUT2D eigenvalue weighted by Gasteiger charge is 2.26. The zero-order chi connectivity index (χ0) is 15.2. The standard InChI is InChI=1S/C12H22N2O5S/c1-10(15)13-11(12(16)17)9-20(18,19)8-4-7-14-5-2-3-6-14/h11H,2-9H2,1H3,(H,13,15)(H,16,17)/t11-/m0/s1. The van der Waals surface area contributed by atoms with E-state index in [2.05, 4.69) is 10.2 Å². The maximum Gasteiger partial charge on any atom is 0.327 e. The molecule has 7 nitrogen and oxygen atoms in total. The second kappa shape index (κ2) is 7.58. The van der Waals surface area contributed by atoms with E-state index < -0.39 is 33.5 Å². The van der Waals surface area contributed by atoms with Crippen molar-refractivity contribution < 1.29 is 23.1 Å². The van der Waals surface area contributed by atoms with E-state index in [1.807, 2.05) is 0 Å². The number of hydrogen-bond acceptors (Lipinski definition) is 5. The minimum Gasteiger partial charge on any atom is -0.480 e. The molecule has 0 aromatic carbocycles. The summed E-state index contributed by atoms with van der Waals surface area (Å²) in [6.07, 6.45) is 2.79. The van der Waals surface area contributed by atoms with E-state index >= 15 is 0 Å². The topological polar surface area (TPSA) is 104 Å². The van der Waals surface area contributed by atoms with Gasteiger partial charge in [0.2, 0.25) is 5.91 Å². The number of carboxylic acid groups (broad SMARTS) is 1. The fraction of sp³-hybridized carbons (Fsp3) is 0.833. The molecule has 20 heavy (non-hydrogen) atoms. The summed E-state index contributed by atoms with van der Waals surface area (Å²) in [5.41, 5.74) is 0. The van der Waals surface area contributed by atoms with E-state index in [4.69, 9.17) is 5.11 Å². The van der Waals surface area contributed by atoms with Gasteiger partial charge in [-0.3, -0.25) is 4.79 Å². The van der Waals surface area contributed by atoms with Crippen LogP contribution in [-0.2, 0) is 19.4 Å². The van der Waals surface area contributed by atoms with Crippen LogP contribution in [0.5, 0.6) is 0 Å². The summed E-state index contributed by atoms with van der Waals surface area (Å²) in [7, 11) is -3.49. The third-order valence-corrected chi connectivity index (χ3v) is 4.98. The lowest BCUT2D eigenvalue weighted by atomic mass is 10.3. The molecular formula is C12H22N2O5S. The first-order chi connectivity index (χ1) is 9.30. The molecule has 1 fully saturated rings. The Morgan fingerprint density at radius 3 is 2.40 bits per heavy atom. The number of carboxylic acids is 1. The number of nitrogens with one attached hydrogen (secondary N) is 1. The fourth-order valence-corrected chi connectivity index (χ4v) is 3.74. The van der Waals surface area contributed by atoms with Crippen molar-refractivity contribution in [3.8, 4) is 0 Å². The van der Waals surface area contributed by atoms with E-state index in [0.717, 1.165) is 39.4 Å². The van der Waals surface area contributed by atoms with Gasteiger partial charge < -0.3 is 15.3 Å². The number of likely N-dealkylation sites (tertiary alicyclic amines) is 1. The molecule has 0 radical (unpaired) electrons. The zero-order valence-electron chi connectivity index (χ0n) is 11.7. The molecule has 1 heterocycles. The third kappa shape index (κ3) is 6.33. The molecule has 0 bridgehead atoms. The number of rotatable bonds is 8. The molecule has 2 N–H and O–H groups in total. The van der Waals surface area contributed by atoms with Crippen molar-refractivity contribution >= 4 is 21.7 Å². The molecule has 1 rings (SSSR count). The van der Waals surface area contributed by atoms with E-state index in [1.165, 1.54) is 0 Å². The van der Waals surface area contributed by atoms with Crippen LogP contribution in [0.2, 0.25) is 0 Å². The van der Waals surface area contributed by atoms with Gasteiger partial charge in [0.1, 0.15) is 6.04 Å². The molecule has 8 heteroatoms. The van der Waals surface area contributed by atoms with Gasteiger partial charge in [0.15, 0.2) is 9.84 Å². The number of carbonyl (C=O) groups is 2. The van der Waals surface area contributed by atoms with E-state index in [9.17, 15) is 18.0 Å². The highest BCUT2D eigenvalue weighted by molar-refractivity contribution is 7.91. The molecule has 1 saturated heterocycles. The third-order valence-electron chi connectivity index (χ3n) is 3.22. The van der Waals surface area contributed by atoms with Crippen molar-refractivity contribution in [3.63, 3.8) is 0 Å². The van der Waals surface area contributed by atoms with Crippen LogP contribution in [-0.4, -0.2) is 67.5 Å². The monoisotopic (exact) mass is 306 g/mol. The molecule has 0 unspecified atom stereocenters. The van der Waals surface area contributed by atoms with Crippen LogP contribution in [0.25, 0.3) is 0 Å². The van der Waals surface area contributed by atoms with E-state index in [1.54, 1.807) is 0 Å². The lowest BCUT2D eigenvalue weighted by Gasteiger charge is -2.16. The van der Waals surface area contributed by atoms with Crippen molar-refractivity contribution in [2.45, 2.75) is 32.2 Å². The van der Waals surface area contributed by atoms with Crippen LogP contribution >= 0.6 is 0 Å². The van der Waals surface area contributed by atoms with Gasteiger partial charge in [0.05, 0.1) is 11.5 Å². The van der Waals surface area contributed by atoms with Crippen LogP contribution in [0.1, 0.15) is 26.2 Å². The first-order valence-electron chi connectivity index (χ1n) is 6.73. The molecule has 116 valence electrons. The SMILES string of the molecule is CC(=O)N[C@@H](CS(=O)(=O)CCCN1CCCC1)C(=O)O. The van der Waals surface area contributed by atoms with Gasteiger partial charge in [-0.15, -0.1) is 0 Å². The van der Waals surface area contributed by atoms with Crippen molar-refractivity contribution in [3.05, 3.63) is 0 Å². The van der Waals surface area contributed by atoms with Gasteiger partial charge in [0.25, 0.3) is 0 Å². The van der Waals surface area contributed by atoms with Gasteiger partial charge >= 0.3 is 5.97 Å². The lowest BCUT2D eigenvalue weighted by Crippen LogP contribution is -2.45. The first-order valence-corrected chi connectivity index (χ1v) is 8.55. The molecule has 1 atom stereocenters. The predicted molar refractivity (Wildman–Crippen MR) is 74.2 cm³/mol. The van der Waals surface area contributed by atoms with Crippen molar-refractivity contribution in [1.29, 1.82) is 0 Å². The van der Waals surface area contributed by atoms with Crippen LogP contribution in [0.15, 0.2) is 0 Å². The quantitative estimate of drug-likeness (QED) is 0.625. The number of nitrogens with zero attached hydrogens (tertiary/aromatic N) is 1. The second-order valence-corrected chi connectivity index (χ2v) is 7.34. The Labute approximate surface area is 119 Å². The summed E-state index contributed by atoms with van der Waals surface area (Å²) in [4.78, 5) is 24.0. The van der Waals surface area contributed by atoms with Crippen molar-refractivity contribution in [1.82, 2.24) is 10.2 Å². The fourth-order valence-electron chi connectivity index (χ4n) is 2.27. The van der Waals surface area contributed by atoms with Crippen molar-refractivity contribution in [2.24, 2.45) is 0 Å². The summed E-state index contributed by atoms with van der Waals surface area (Å²) in [5.74, 6) is -2.48. The minimum absolute atomic E-state index is 0.0487. The first kappa shape index (κ1) is 16.9. The normalized spacial score (nSPS) is 17.9.